The van der Waals surface area contributed by atoms with Crippen molar-refractivity contribution in [1.82, 2.24) is 0 Å². The molecule has 3 aromatic carbocycles. The van der Waals surface area contributed by atoms with Crippen molar-refractivity contribution in [3.63, 3.8) is 0 Å². The molecule has 4 rings (SSSR count). The molecule has 0 radical (unpaired) electrons. The molecule has 0 atom stereocenters. The number of carbonyl (C=O) groups is 1. The normalized spacial score (nSPS) is 16.1. The fourth-order valence-electron chi connectivity index (χ4n) is 4.30. The Morgan fingerprint density at radius 3 is 2.23 bits per heavy atom. The Bertz CT molecular complexity index is 1420. The Kier molecular flexibility index (Phi) is 6.63. The summed E-state index contributed by atoms with van der Waals surface area (Å²) in [5.74, 6) is -0.404. The second kappa shape index (κ2) is 9.50. The fraction of sp³-hybridized carbons (Fsp3) is 0.214. The first-order valence-electron chi connectivity index (χ1n) is 11.1. The van der Waals surface area contributed by atoms with E-state index in [1.165, 1.54) is 13.4 Å². The van der Waals surface area contributed by atoms with Gasteiger partial charge in [0.2, 0.25) is 0 Å². The molecule has 0 aliphatic heterocycles. The molecule has 0 heterocycles. The van der Waals surface area contributed by atoms with Crippen LogP contribution in [0.3, 0.4) is 0 Å². The minimum atomic E-state index is -3.28. The average molecular weight is 490 g/mol. The van der Waals surface area contributed by atoms with E-state index in [1.54, 1.807) is 30.3 Å². The first kappa shape index (κ1) is 24.4. The Morgan fingerprint density at radius 1 is 0.914 bits per heavy atom. The lowest BCUT2D eigenvalue weighted by molar-refractivity contribution is 0.0600. The third-order valence-corrected chi connectivity index (χ3v) is 7.20. The van der Waals surface area contributed by atoms with Gasteiger partial charge in [-0.25, -0.2) is 13.2 Å². The second-order valence-electron chi connectivity index (χ2n) is 8.94. The summed E-state index contributed by atoms with van der Waals surface area (Å²) in [5.41, 5.74) is 5.60. The van der Waals surface area contributed by atoms with Crippen LogP contribution in [0.2, 0.25) is 0 Å². The predicted octanol–water partition coefficient (Wildman–Crippen LogP) is 5.40. The van der Waals surface area contributed by atoms with Crippen molar-refractivity contribution in [1.29, 1.82) is 0 Å². The molecule has 0 fully saturated rings. The van der Waals surface area contributed by atoms with Gasteiger partial charge >= 0.3 is 5.97 Å². The van der Waals surface area contributed by atoms with Crippen LogP contribution in [0, 0.1) is 5.41 Å². The molecule has 7 heteroatoms. The minimum Gasteiger partial charge on any atom is -0.465 e. The van der Waals surface area contributed by atoms with Crippen molar-refractivity contribution in [3.05, 3.63) is 101 Å². The number of nitrogens with zero attached hydrogens (tertiary/aromatic N) is 1. The number of sulfone groups is 1. The summed E-state index contributed by atoms with van der Waals surface area (Å²) in [6.45, 7) is 4.34. The maximum absolute atomic E-state index is 11.9. The molecule has 0 bridgehead atoms. The molecule has 0 amide bonds. The topological polar surface area (TPSA) is 82.0 Å². The summed E-state index contributed by atoms with van der Waals surface area (Å²) in [4.78, 5) is 17.8. The molecule has 180 valence electrons. The van der Waals surface area contributed by atoms with Crippen molar-refractivity contribution in [3.8, 4) is 0 Å². The molecular formula is C28H27NO5S. The third-order valence-electron chi connectivity index (χ3n) is 6.07. The molecule has 1 aliphatic carbocycles. The van der Waals surface area contributed by atoms with Gasteiger partial charge in [0, 0.05) is 17.2 Å². The number of oxime groups is 1. The zero-order valence-corrected chi connectivity index (χ0v) is 20.9. The molecule has 35 heavy (non-hydrogen) atoms. The van der Waals surface area contributed by atoms with Gasteiger partial charge in [0.05, 0.1) is 23.3 Å². The maximum atomic E-state index is 11.9. The van der Waals surface area contributed by atoms with Crippen LogP contribution in [0.1, 0.15) is 40.9 Å². The lowest BCUT2D eigenvalue weighted by Crippen LogP contribution is -2.38. The molecule has 3 aromatic rings. The van der Waals surface area contributed by atoms with E-state index >= 15 is 0 Å². The third kappa shape index (κ3) is 4.91. The maximum Gasteiger partial charge on any atom is 0.337 e. The van der Waals surface area contributed by atoms with Crippen LogP contribution < -0.4 is 0 Å². The number of hydrogen-bond donors (Lipinski definition) is 0. The Labute approximate surface area is 205 Å². The molecule has 0 saturated carbocycles. The Hall–Kier alpha value is -3.71. The standard InChI is InChI=1S/C28H27NO5S/c1-28(2)25(21-13-15-23(16-14-21)35(4,31)32)24(20-10-6-5-7-11-20)26(28)29-34-18-19-9-8-12-22(17-19)27(30)33-3/h5-17H,18H2,1-4H3. The van der Waals surface area contributed by atoms with Crippen molar-refractivity contribution in [2.75, 3.05) is 13.4 Å². The molecule has 0 unspecified atom stereocenters. The van der Waals surface area contributed by atoms with Gasteiger partial charge in [0.25, 0.3) is 0 Å². The summed E-state index contributed by atoms with van der Waals surface area (Å²) in [6.07, 6.45) is 1.20. The van der Waals surface area contributed by atoms with Crippen molar-refractivity contribution in [2.24, 2.45) is 10.6 Å². The van der Waals surface area contributed by atoms with E-state index in [-0.39, 0.29) is 11.5 Å². The lowest BCUT2D eigenvalue weighted by Gasteiger charge is -2.42. The number of carbonyl (C=O) groups excluding carboxylic acids is 1. The largest absolute Gasteiger partial charge is 0.465 e. The lowest BCUT2D eigenvalue weighted by atomic mass is 9.60. The smallest absolute Gasteiger partial charge is 0.337 e. The van der Waals surface area contributed by atoms with Crippen LogP contribution in [0.4, 0.5) is 0 Å². The zero-order chi connectivity index (χ0) is 25.2. The van der Waals surface area contributed by atoms with Crippen molar-refractivity contribution < 1.29 is 22.8 Å². The van der Waals surface area contributed by atoms with Gasteiger partial charge in [-0.3, -0.25) is 0 Å². The number of ether oxygens (including phenoxy) is 1. The Morgan fingerprint density at radius 2 is 1.60 bits per heavy atom. The summed E-state index contributed by atoms with van der Waals surface area (Å²) in [7, 11) is -1.93. The number of methoxy groups -OCH3 is 1. The molecule has 0 aromatic heterocycles. The highest BCUT2D eigenvalue weighted by atomic mass is 32.2. The van der Waals surface area contributed by atoms with E-state index < -0.39 is 21.2 Å². The number of hydrogen-bond acceptors (Lipinski definition) is 6. The quantitative estimate of drug-likeness (QED) is 0.328. The highest BCUT2D eigenvalue weighted by molar-refractivity contribution is 7.90. The molecule has 0 saturated heterocycles. The van der Waals surface area contributed by atoms with E-state index in [9.17, 15) is 13.2 Å². The molecule has 0 N–H and O–H groups in total. The van der Waals surface area contributed by atoms with Crippen molar-refractivity contribution in [2.45, 2.75) is 25.3 Å². The van der Waals surface area contributed by atoms with Crippen molar-refractivity contribution >= 4 is 32.7 Å². The van der Waals surface area contributed by atoms with Crippen LogP contribution in [-0.2, 0) is 26.0 Å². The van der Waals surface area contributed by atoms with E-state index in [0.717, 1.165) is 33.5 Å². The molecule has 0 spiro atoms. The van der Waals surface area contributed by atoms with E-state index in [4.69, 9.17) is 9.57 Å². The SMILES string of the molecule is COC(=O)c1cccc(CON=C2C(c3ccccc3)=C(c3ccc(S(C)(=O)=O)cc3)C2(C)C)c1. The second-order valence-corrected chi connectivity index (χ2v) is 11.0. The van der Waals surface area contributed by atoms with Crippen LogP contribution in [0.15, 0.2) is 88.9 Å². The average Bonchev–Trinajstić information content (AvgIpc) is 2.85. The predicted molar refractivity (Wildman–Crippen MR) is 137 cm³/mol. The molecular weight excluding hydrogens is 462 g/mol. The van der Waals surface area contributed by atoms with Crippen LogP contribution >= 0.6 is 0 Å². The summed E-state index contributed by atoms with van der Waals surface area (Å²) in [6, 6.07) is 23.9. The van der Waals surface area contributed by atoms with E-state index in [1.807, 2.05) is 48.5 Å². The minimum absolute atomic E-state index is 0.199. The first-order chi connectivity index (χ1) is 16.6. The molecule has 6 nitrogen and oxygen atoms in total. The van der Waals surface area contributed by atoms with E-state index in [2.05, 4.69) is 19.0 Å². The number of benzene rings is 3. The number of rotatable bonds is 7. The van der Waals surface area contributed by atoms with Gasteiger partial charge in [-0.05, 0) is 60.4 Å². The number of allylic oxidation sites excluding steroid dienone is 2. The summed E-state index contributed by atoms with van der Waals surface area (Å²) in [5, 5.41) is 4.51. The monoisotopic (exact) mass is 489 g/mol. The van der Waals surface area contributed by atoms with Gasteiger partial charge in [0.1, 0.15) is 6.61 Å². The van der Waals surface area contributed by atoms with Gasteiger partial charge in [0.15, 0.2) is 9.84 Å². The van der Waals surface area contributed by atoms with Crippen LogP contribution in [0.25, 0.3) is 11.1 Å². The fourth-order valence-corrected chi connectivity index (χ4v) is 4.93. The van der Waals surface area contributed by atoms with Crippen LogP contribution in [-0.4, -0.2) is 33.5 Å². The van der Waals surface area contributed by atoms with E-state index in [0.29, 0.717) is 5.56 Å². The highest BCUT2D eigenvalue weighted by Crippen LogP contribution is 2.53. The van der Waals surface area contributed by atoms with Gasteiger partial charge in [-0.1, -0.05) is 59.8 Å². The Balaban J connectivity index is 1.69. The molecule has 1 aliphatic rings. The van der Waals surface area contributed by atoms with Crippen LogP contribution in [0.5, 0.6) is 0 Å². The zero-order valence-electron chi connectivity index (χ0n) is 20.1. The highest BCUT2D eigenvalue weighted by Gasteiger charge is 2.45. The number of esters is 1. The summed E-state index contributed by atoms with van der Waals surface area (Å²) < 4.78 is 28.6. The first-order valence-corrected chi connectivity index (χ1v) is 13.0. The van der Waals surface area contributed by atoms with Gasteiger partial charge in [-0.15, -0.1) is 0 Å². The van der Waals surface area contributed by atoms with Gasteiger partial charge < -0.3 is 9.57 Å². The van der Waals surface area contributed by atoms with Gasteiger partial charge in [-0.2, -0.15) is 0 Å². The summed E-state index contributed by atoms with van der Waals surface area (Å²) >= 11 is 0.